The minimum Gasteiger partial charge on any atom is -0.112 e. The summed E-state index contributed by atoms with van der Waals surface area (Å²) in [7, 11) is 0. The first-order chi connectivity index (χ1) is 5.02. The molecule has 0 aromatic rings. The summed E-state index contributed by atoms with van der Waals surface area (Å²) in [6, 6.07) is 0. The van der Waals surface area contributed by atoms with Crippen molar-refractivity contribution in [3.8, 4) is 0 Å². The Hall–Kier alpha value is -0.715. The summed E-state index contributed by atoms with van der Waals surface area (Å²) in [5.74, 6) is 4.40. The highest BCUT2D eigenvalue weighted by atomic mass is 13.7. The molecule has 0 aromatic heterocycles. The Labute approximate surface area is 70.8 Å². The van der Waals surface area contributed by atoms with E-state index in [9.17, 15) is 0 Å². The van der Waals surface area contributed by atoms with Crippen molar-refractivity contribution < 1.29 is 0 Å². The lowest BCUT2D eigenvalue weighted by Gasteiger charge is -1.94. The fraction of sp³-hybridized carbons (Fsp3) is 0.400. The van der Waals surface area contributed by atoms with Gasteiger partial charge in [0, 0.05) is 0 Å². The van der Waals surface area contributed by atoms with E-state index < -0.39 is 0 Å². The summed E-state index contributed by atoms with van der Waals surface area (Å²) >= 11 is 0. The number of hydrogen-bond donors (Lipinski definition) is 0. The molecule has 0 amide bonds. The van der Waals surface area contributed by atoms with Crippen molar-refractivity contribution in [2.24, 2.45) is 0 Å². The van der Waals surface area contributed by atoms with Crippen LogP contribution in [0.5, 0.6) is 0 Å². The molecule has 0 unspecified atom stereocenters. The first kappa shape index (κ1) is 10.3. The third-order valence-corrected chi connectivity index (χ3v) is 1.28. The summed E-state index contributed by atoms with van der Waals surface area (Å²) in [6.45, 7) is 12.7. The molecule has 0 N–H and O–H groups in total. The van der Waals surface area contributed by atoms with Crippen molar-refractivity contribution in [3.05, 3.63) is 35.8 Å². The first-order valence-electron chi connectivity index (χ1n) is 4.01. The zero-order valence-corrected chi connectivity index (χ0v) is 8.02. The van der Waals surface area contributed by atoms with E-state index in [0.29, 0.717) is 6.71 Å². The lowest BCUT2D eigenvalue weighted by Crippen LogP contribution is -1.98. The Morgan fingerprint density at radius 3 is 2.18 bits per heavy atom. The molecule has 0 heterocycles. The molecule has 0 radical (unpaired) electrons. The van der Waals surface area contributed by atoms with Gasteiger partial charge in [-0.05, 0) is 20.8 Å². The van der Waals surface area contributed by atoms with Gasteiger partial charge in [0.1, 0.15) is 0 Å². The van der Waals surface area contributed by atoms with Crippen molar-refractivity contribution in [2.75, 3.05) is 0 Å². The van der Waals surface area contributed by atoms with Gasteiger partial charge in [-0.1, -0.05) is 30.6 Å². The van der Waals surface area contributed by atoms with Gasteiger partial charge in [-0.15, -0.1) is 12.0 Å². The predicted molar refractivity (Wildman–Crippen MR) is 55.0 cm³/mol. The first-order valence-corrected chi connectivity index (χ1v) is 4.01. The van der Waals surface area contributed by atoms with Gasteiger partial charge in [0.25, 0.3) is 0 Å². The van der Waals surface area contributed by atoms with Crippen molar-refractivity contribution in [2.45, 2.75) is 27.6 Å². The van der Waals surface area contributed by atoms with Gasteiger partial charge >= 0.3 is 0 Å². The molecule has 0 nitrogen and oxygen atoms in total. The molecule has 0 saturated heterocycles. The van der Waals surface area contributed by atoms with E-state index in [0.717, 1.165) is 5.57 Å². The zero-order chi connectivity index (χ0) is 8.85. The van der Waals surface area contributed by atoms with Crippen LogP contribution in [-0.2, 0) is 0 Å². The largest absolute Gasteiger partial charge is 0.188 e. The molecule has 0 rings (SSSR count). The highest BCUT2D eigenvalue weighted by Crippen LogP contribution is 1.97. The average molecular weight is 148 g/mol. The molecule has 0 aliphatic rings. The van der Waals surface area contributed by atoms with E-state index in [4.69, 9.17) is 0 Å². The minimum atomic E-state index is 0.525. The van der Waals surface area contributed by atoms with E-state index in [1.165, 1.54) is 5.57 Å². The Bertz CT molecular complexity index is 183. The van der Waals surface area contributed by atoms with Gasteiger partial charge in [-0.25, -0.2) is 0 Å². The van der Waals surface area contributed by atoms with Crippen LogP contribution in [0, 0.1) is 0 Å². The van der Waals surface area contributed by atoms with Crippen molar-refractivity contribution in [1.82, 2.24) is 0 Å². The van der Waals surface area contributed by atoms with Gasteiger partial charge in [-0.2, -0.15) is 0 Å². The van der Waals surface area contributed by atoms with Crippen molar-refractivity contribution in [3.63, 3.8) is 0 Å². The number of allylic oxidation sites excluding steroid dienone is 3. The number of rotatable bonds is 3. The average Bonchev–Trinajstić information content (AvgIpc) is 1.82. The maximum absolute atomic E-state index is 3.80. The fourth-order valence-corrected chi connectivity index (χ4v) is 0.897. The third-order valence-electron chi connectivity index (χ3n) is 1.28. The van der Waals surface area contributed by atoms with Crippen LogP contribution >= 0.6 is 0 Å². The molecule has 0 spiro atoms. The topological polar surface area (TPSA) is 0 Å². The Kier molecular flexibility index (Phi) is 4.68. The molecule has 0 bridgehead atoms. The quantitative estimate of drug-likeness (QED) is 0.425. The van der Waals surface area contributed by atoms with Gasteiger partial charge in [0.2, 0.25) is 0 Å². The van der Waals surface area contributed by atoms with Crippen LogP contribution < -0.4 is 0 Å². The highest BCUT2D eigenvalue weighted by Gasteiger charge is 1.94. The minimum absolute atomic E-state index is 0.525. The molecule has 60 valence electrons. The van der Waals surface area contributed by atoms with Gasteiger partial charge < -0.3 is 0 Å². The van der Waals surface area contributed by atoms with Crippen LogP contribution in [-0.4, -0.2) is 6.71 Å². The van der Waals surface area contributed by atoms with Crippen LogP contribution in [0.2, 0.25) is 6.82 Å². The van der Waals surface area contributed by atoms with Crippen molar-refractivity contribution >= 4 is 6.71 Å². The third kappa shape index (κ3) is 7.18. The SMILES string of the molecule is C=C(C)/C=C\B(C)C=C(C)C. The second-order valence-electron chi connectivity index (χ2n) is 3.31. The van der Waals surface area contributed by atoms with E-state index in [1.807, 2.05) is 6.92 Å². The van der Waals surface area contributed by atoms with E-state index in [-0.39, 0.29) is 0 Å². The molecule has 0 aliphatic carbocycles. The summed E-state index contributed by atoms with van der Waals surface area (Å²) in [5.41, 5.74) is 2.47. The summed E-state index contributed by atoms with van der Waals surface area (Å²) in [6.07, 6.45) is 2.06. The van der Waals surface area contributed by atoms with Crippen LogP contribution in [0.25, 0.3) is 0 Å². The van der Waals surface area contributed by atoms with Gasteiger partial charge in [-0.3, -0.25) is 0 Å². The summed E-state index contributed by atoms with van der Waals surface area (Å²) < 4.78 is 0. The molecule has 1 heteroatoms. The zero-order valence-electron chi connectivity index (χ0n) is 8.02. The Morgan fingerprint density at radius 1 is 1.27 bits per heavy atom. The van der Waals surface area contributed by atoms with E-state index in [2.05, 4.69) is 45.3 Å². The molecular weight excluding hydrogens is 131 g/mol. The maximum Gasteiger partial charge on any atom is 0.188 e. The second-order valence-corrected chi connectivity index (χ2v) is 3.31. The second kappa shape index (κ2) is 5.00. The molecular formula is C10H17B. The summed E-state index contributed by atoms with van der Waals surface area (Å²) in [5, 5.41) is 0. The molecule has 0 fully saturated rings. The Balaban J connectivity index is 3.97. The lowest BCUT2D eigenvalue weighted by molar-refractivity contribution is 1.41. The molecule has 0 saturated carbocycles. The van der Waals surface area contributed by atoms with Gasteiger partial charge in [0.15, 0.2) is 6.71 Å². The molecule has 0 aliphatic heterocycles. The van der Waals surface area contributed by atoms with Crippen LogP contribution in [0.1, 0.15) is 20.8 Å². The van der Waals surface area contributed by atoms with Crippen LogP contribution in [0.4, 0.5) is 0 Å². The van der Waals surface area contributed by atoms with E-state index in [1.54, 1.807) is 0 Å². The monoisotopic (exact) mass is 148 g/mol. The smallest absolute Gasteiger partial charge is 0.112 e. The normalized spacial score (nSPS) is 9.82. The van der Waals surface area contributed by atoms with Crippen LogP contribution in [0.15, 0.2) is 35.8 Å². The lowest BCUT2D eigenvalue weighted by atomic mass is 9.51. The van der Waals surface area contributed by atoms with E-state index >= 15 is 0 Å². The standard InChI is InChI=1S/C10H17B/c1-9(2)6-7-11(5)8-10(3)4/h6-8H,1H2,2-5H3/b7-6-. The highest BCUT2D eigenvalue weighted by molar-refractivity contribution is 6.68. The fourth-order valence-electron chi connectivity index (χ4n) is 0.897. The van der Waals surface area contributed by atoms with Crippen molar-refractivity contribution in [1.29, 1.82) is 0 Å². The predicted octanol–water partition coefficient (Wildman–Crippen LogP) is 3.29. The summed E-state index contributed by atoms with van der Waals surface area (Å²) in [4.78, 5) is 0. The van der Waals surface area contributed by atoms with Gasteiger partial charge in [0.05, 0.1) is 0 Å². The van der Waals surface area contributed by atoms with Crippen LogP contribution in [0.3, 0.4) is 0 Å². The molecule has 0 atom stereocenters. The Morgan fingerprint density at radius 2 is 1.82 bits per heavy atom. The molecule has 11 heavy (non-hydrogen) atoms. The number of hydrogen-bond acceptors (Lipinski definition) is 0. The maximum atomic E-state index is 3.80. The molecule has 0 aromatic carbocycles.